The average molecular weight is 374 g/mol. The molecule has 0 saturated carbocycles. The van der Waals surface area contributed by atoms with Crippen LogP contribution in [0.5, 0.6) is 11.5 Å². The summed E-state index contributed by atoms with van der Waals surface area (Å²) in [5, 5.41) is 7.87. The number of nitrogens with zero attached hydrogens (tertiary/aromatic N) is 1. The quantitative estimate of drug-likeness (QED) is 0.696. The van der Waals surface area contributed by atoms with E-state index >= 15 is 0 Å². The number of methoxy groups -OCH3 is 2. The molecule has 2 heterocycles. The van der Waals surface area contributed by atoms with E-state index in [1.807, 2.05) is 41.9 Å². The number of carbonyl (C=O) groups is 1. The van der Waals surface area contributed by atoms with Gasteiger partial charge in [0.05, 0.1) is 26.5 Å². The highest BCUT2D eigenvalue weighted by atomic mass is 32.1. The summed E-state index contributed by atoms with van der Waals surface area (Å²) in [7, 11) is 3.19. The van der Waals surface area contributed by atoms with Crippen LogP contribution in [0.25, 0.3) is 10.6 Å². The van der Waals surface area contributed by atoms with Gasteiger partial charge in [-0.1, -0.05) is 6.07 Å². The van der Waals surface area contributed by atoms with E-state index in [1.54, 1.807) is 31.8 Å². The third-order valence-corrected chi connectivity index (χ3v) is 5.48. The molecule has 0 aliphatic heterocycles. The van der Waals surface area contributed by atoms with Gasteiger partial charge in [0.2, 0.25) is 0 Å². The van der Waals surface area contributed by atoms with Gasteiger partial charge in [0.25, 0.3) is 5.91 Å². The molecule has 2 aromatic heterocycles. The molecule has 0 aliphatic rings. The lowest BCUT2D eigenvalue weighted by atomic mass is 10.1. The van der Waals surface area contributed by atoms with E-state index in [0.717, 1.165) is 16.1 Å². The molecule has 0 fully saturated rings. The van der Waals surface area contributed by atoms with Crippen molar-refractivity contribution in [2.24, 2.45) is 0 Å². The van der Waals surface area contributed by atoms with Crippen LogP contribution in [0.1, 0.15) is 28.2 Å². The first kappa shape index (κ1) is 17.4. The van der Waals surface area contributed by atoms with Gasteiger partial charge in [-0.15, -0.1) is 11.3 Å². The van der Waals surface area contributed by atoms with Crippen LogP contribution in [0.4, 0.5) is 0 Å². The molecular weight excluding hydrogens is 356 g/mol. The van der Waals surface area contributed by atoms with Gasteiger partial charge in [0, 0.05) is 10.9 Å². The molecule has 0 saturated heterocycles. The van der Waals surface area contributed by atoms with Crippen LogP contribution in [0.15, 0.2) is 41.2 Å². The van der Waals surface area contributed by atoms with Gasteiger partial charge in [0.1, 0.15) is 9.88 Å². The molecule has 3 rings (SSSR count). The average Bonchev–Trinajstić information content (AvgIpc) is 3.32. The van der Waals surface area contributed by atoms with Gasteiger partial charge in [-0.25, -0.2) is 4.98 Å². The van der Waals surface area contributed by atoms with Crippen molar-refractivity contribution >= 4 is 28.6 Å². The molecule has 3 aromatic rings. The molecule has 0 unspecified atom stereocenters. The number of rotatable bonds is 6. The van der Waals surface area contributed by atoms with Crippen LogP contribution in [-0.4, -0.2) is 25.1 Å². The van der Waals surface area contributed by atoms with Crippen LogP contribution in [0, 0.1) is 0 Å². The zero-order chi connectivity index (χ0) is 17.8. The third-order valence-electron chi connectivity index (χ3n) is 3.75. The molecule has 7 heteroatoms. The highest BCUT2D eigenvalue weighted by Crippen LogP contribution is 2.30. The first-order valence-corrected chi connectivity index (χ1v) is 9.39. The number of ether oxygens (including phenoxy) is 2. The Hall–Kier alpha value is -2.38. The summed E-state index contributed by atoms with van der Waals surface area (Å²) in [6, 6.07) is 7.44. The summed E-state index contributed by atoms with van der Waals surface area (Å²) < 4.78 is 10.6. The smallest absolute Gasteiger partial charge is 0.263 e. The van der Waals surface area contributed by atoms with Crippen LogP contribution in [0.3, 0.4) is 0 Å². The minimum atomic E-state index is -0.168. The van der Waals surface area contributed by atoms with Gasteiger partial charge < -0.3 is 14.8 Å². The summed E-state index contributed by atoms with van der Waals surface area (Å²) in [5.74, 6) is 1.16. The van der Waals surface area contributed by atoms with E-state index in [-0.39, 0.29) is 11.9 Å². The zero-order valence-corrected chi connectivity index (χ0v) is 15.7. The number of hydrogen-bond acceptors (Lipinski definition) is 6. The Morgan fingerprint density at radius 2 is 2.00 bits per heavy atom. The van der Waals surface area contributed by atoms with Crippen molar-refractivity contribution in [3.63, 3.8) is 0 Å². The molecule has 0 radical (unpaired) electrons. The highest BCUT2D eigenvalue weighted by molar-refractivity contribution is 7.17. The Morgan fingerprint density at radius 3 is 2.68 bits per heavy atom. The van der Waals surface area contributed by atoms with E-state index in [1.165, 1.54) is 11.3 Å². The predicted octanol–water partition coefficient (Wildman–Crippen LogP) is 4.38. The van der Waals surface area contributed by atoms with Gasteiger partial charge >= 0.3 is 0 Å². The van der Waals surface area contributed by atoms with Gasteiger partial charge in [-0.2, -0.15) is 11.3 Å². The standard InChI is InChI=1S/C18H18N2O3S2/c1-11(12-4-5-14(22-2)15(8-12)23-3)20-17(21)16-9-19-18(25-16)13-6-7-24-10-13/h4-11H,1-3H3,(H,20,21)/t11-/m0/s1. The number of hydrogen-bond donors (Lipinski definition) is 1. The van der Waals surface area contributed by atoms with Crippen LogP contribution < -0.4 is 14.8 Å². The second kappa shape index (κ2) is 7.67. The Kier molecular flexibility index (Phi) is 5.35. The maximum Gasteiger partial charge on any atom is 0.263 e. The maximum absolute atomic E-state index is 12.5. The maximum atomic E-state index is 12.5. The third kappa shape index (κ3) is 3.83. The van der Waals surface area contributed by atoms with Crippen molar-refractivity contribution in [2.45, 2.75) is 13.0 Å². The fourth-order valence-corrected chi connectivity index (χ4v) is 3.90. The van der Waals surface area contributed by atoms with Crippen LogP contribution >= 0.6 is 22.7 Å². The molecule has 1 N–H and O–H groups in total. The molecule has 1 aromatic carbocycles. The van der Waals surface area contributed by atoms with E-state index in [4.69, 9.17) is 9.47 Å². The van der Waals surface area contributed by atoms with Crippen molar-refractivity contribution in [1.82, 2.24) is 10.3 Å². The van der Waals surface area contributed by atoms with Gasteiger partial charge in [-0.05, 0) is 36.1 Å². The Bertz CT molecular complexity index is 859. The molecule has 0 spiro atoms. The number of amides is 1. The number of thiophene rings is 1. The highest BCUT2D eigenvalue weighted by Gasteiger charge is 2.16. The second-order valence-electron chi connectivity index (χ2n) is 5.35. The Morgan fingerprint density at radius 1 is 1.20 bits per heavy atom. The normalized spacial score (nSPS) is 11.8. The number of aromatic nitrogens is 1. The minimum Gasteiger partial charge on any atom is -0.493 e. The SMILES string of the molecule is COc1ccc([C@H](C)NC(=O)c2cnc(-c3ccsc3)s2)cc1OC. The monoisotopic (exact) mass is 374 g/mol. The lowest BCUT2D eigenvalue weighted by molar-refractivity contribution is 0.0943. The Balaban J connectivity index is 1.72. The number of thiazole rings is 1. The van der Waals surface area contributed by atoms with E-state index in [0.29, 0.717) is 16.4 Å². The predicted molar refractivity (Wildman–Crippen MR) is 101 cm³/mol. The summed E-state index contributed by atoms with van der Waals surface area (Å²) in [5.41, 5.74) is 1.98. The lowest BCUT2D eigenvalue weighted by Gasteiger charge is -2.16. The topological polar surface area (TPSA) is 60.5 Å². The van der Waals surface area contributed by atoms with E-state index in [9.17, 15) is 4.79 Å². The Labute approximate surface area is 154 Å². The van der Waals surface area contributed by atoms with Gasteiger partial charge in [-0.3, -0.25) is 4.79 Å². The van der Waals surface area contributed by atoms with Crippen molar-refractivity contribution in [1.29, 1.82) is 0 Å². The largest absolute Gasteiger partial charge is 0.493 e. The number of nitrogens with one attached hydrogen (secondary N) is 1. The molecule has 1 amide bonds. The van der Waals surface area contributed by atoms with Crippen molar-refractivity contribution in [2.75, 3.05) is 14.2 Å². The summed E-state index contributed by atoms with van der Waals surface area (Å²) in [6.45, 7) is 1.93. The van der Waals surface area contributed by atoms with Gasteiger partial charge in [0.15, 0.2) is 11.5 Å². The van der Waals surface area contributed by atoms with E-state index in [2.05, 4.69) is 10.3 Å². The molecular formula is C18H18N2O3S2. The van der Waals surface area contributed by atoms with Crippen LogP contribution in [0.2, 0.25) is 0 Å². The summed E-state index contributed by atoms with van der Waals surface area (Å²) in [4.78, 5) is 17.4. The summed E-state index contributed by atoms with van der Waals surface area (Å²) >= 11 is 3.00. The molecule has 1 atom stereocenters. The number of benzene rings is 1. The molecule has 5 nitrogen and oxygen atoms in total. The first-order valence-electron chi connectivity index (χ1n) is 7.63. The van der Waals surface area contributed by atoms with E-state index < -0.39 is 0 Å². The lowest BCUT2D eigenvalue weighted by Crippen LogP contribution is -2.25. The van der Waals surface area contributed by atoms with Crippen molar-refractivity contribution in [3.8, 4) is 22.1 Å². The molecule has 130 valence electrons. The van der Waals surface area contributed by atoms with Crippen LogP contribution in [-0.2, 0) is 0 Å². The number of carbonyl (C=O) groups excluding carboxylic acids is 1. The first-order chi connectivity index (χ1) is 12.1. The second-order valence-corrected chi connectivity index (χ2v) is 7.16. The molecule has 25 heavy (non-hydrogen) atoms. The zero-order valence-electron chi connectivity index (χ0n) is 14.1. The molecule has 0 aliphatic carbocycles. The summed E-state index contributed by atoms with van der Waals surface area (Å²) in [6.07, 6.45) is 1.62. The molecule has 0 bridgehead atoms. The fourth-order valence-electron chi connectivity index (χ4n) is 2.37. The van der Waals surface area contributed by atoms with Crippen molar-refractivity contribution in [3.05, 3.63) is 51.7 Å². The fraction of sp³-hybridized carbons (Fsp3) is 0.222. The minimum absolute atomic E-state index is 0.138. The van der Waals surface area contributed by atoms with Crippen molar-refractivity contribution < 1.29 is 14.3 Å².